The Labute approximate surface area is 415 Å². The number of benzene rings is 6. The first-order valence-electron chi connectivity index (χ1n) is 24.7. The van der Waals surface area contributed by atoms with Crippen molar-refractivity contribution in [2.24, 2.45) is 11.7 Å². The summed E-state index contributed by atoms with van der Waals surface area (Å²) in [6, 6.07) is 58.2. The first kappa shape index (κ1) is 59.8. The molecule has 0 saturated carbocycles. The summed E-state index contributed by atoms with van der Waals surface area (Å²) in [7, 11) is 2.01. The van der Waals surface area contributed by atoms with Gasteiger partial charge in [-0.15, -0.1) is 39.5 Å². The number of allylic oxidation sites excluding steroid dienone is 1. The molecule has 0 aliphatic rings. The van der Waals surface area contributed by atoms with Gasteiger partial charge in [0.15, 0.2) is 0 Å². The van der Waals surface area contributed by atoms with E-state index < -0.39 is 0 Å². The summed E-state index contributed by atoms with van der Waals surface area (Å²) >= 11 is 0. The topological polar surface area (TPSA) is 50.1 Å². The Morgan fingerprint density at radius 3 is 1.51 bits per heavy atom. The van der Waals surface area contributed by atoms with Gasteiger partial charge < -0.3 is 16.4 Å². The minimum Gasteiger partial charge on any atom is -0.381 e. The fourth-order valence-electron chi connectivity index (χ4n) is 7.42. The average Bonchev–Trinajstić information content (AvgIpc) is 3.41. The molecular formula is C65H87N3. The molecule has 3 atom stereocenters. The maximum atomic E-state index is 5.35. The Bertz CT molecular complexity index is 2120. The Hall–Kier alpha value is -6.26. The summed E-state index contributed by atoms with van der Waals surface area (Å²) < 4.78 is 0. The van der Waals surface area contributed by atoms with Crippen molar-refractivity contribution in [1.82, 2.24) is 10.6 Å². The van der Waals surface area contributed by atoms with E-state index in [1.165, 1.54) is 75.8 Å². The zero-order valence-corrected chi connectivity index (χ0v) is 42.8. The second-order valence-corrected chi connectivity index (χ2v) is 16.6. The number of nitrogens with two attached hydrogens (primary N) is 1. The maximum absolute atomic E-state index is 5.35. The highest BCUT2D eigenvalue weighted by Gasteiger charge is 2.15. The van der Waals surface area contributed by atoms with Gasteiger partial charge in [0.05, 0.1) is 0 Å². The van der Waals surface area contributed by atoms with Gasteiger partial charge in [-0.2, -0.15) is 0 Å². The minimum atomic E-state index is 0.134. The van der Waals surface area contributed by atoms with Crippen LogP contribution in [0.15, 0.2) is 228 Å². The summed E-state index contributed by atoms with van der Waals surface area (Å²) in [5.41, 5.74) is 18.5. The van der Waals surface area contributed by atoms with Gasteiger partial charge in [-0.25, -0.2) is 0 Å². The zero-order valence-electron chi connectivity index (χ0n) is 42.8. The van der Waals surface area contributed by atoms with Crippen LogP contribution in [0.1, 0.15) is 92.3 Å². The molecule has 0 aliphatic heterocycles. The van der Waals surface area contributed by atoms with E-state index in [1.807, 2.05) is 49.5 Å². The Balaban J connectivity index is 0.000000634. The average molecular weight is 910 g/mol. The first-order valence-corrected chi connectivity index (χ1v) is 24.7. The molecule has 0 radical (unpaired) electrons. The smallest absolute Gasteiger partial charge is 0.0479 e. The third kappa shape index (κ3) is 25.0. The van der Waals surface area contributed by atoms with Crippen LogP contribution in [0.25, 0.3) is 11.1 Å². The normalized spacial score (nSPS) is 11.1. The van der Waals surface area contributed by atoms with Crippen molar-refractivity contribution in [3.05, 3.63) is 267 Å². The number of hydrogen-bond donors (Lipinski definition) is 3. The van der Waals surface area contributed by atoms with E-state index in [0.717, 1.165) is 44.2 Å². The predicted octanol–water partition coefficient (Wildman–Crippen LogP) is 16.1. The maximum Gasteiger partial charge on any atom is 0.0479 e. The van der Waals surface area contributed by atoms with Crippen LogP contribution in [0.2, 0.25) is 0 Å². The van der Waals surface area contributed by atoms with Crippen LogP contribution >= 0.6 is 0 Å². The fraction of sp³-hybridized carbons (Fsp3) is 0.292. The van der Waals surface area contributed by atoms with Crippen molar-refractivity contribution in [3.63, 3.8) is 0 Å². The van der Waals surface area contributed by atoms with Gasteiger partial charge in [0.25, 0.3) is 0 Å². The van der Waals surface area contributed by atoms with Crippen molar-refractivity contribution in [2.75, 3.05) is 7.05 Å². The molecule has 362 valence electrons. The first-order chi connectivity index (χ1) is 33.3. The third-order valence-corrected chi connectivity index (χ3v) is 11.4. The highest BCUT2D eigenvalue weighted by Crippen LogP contribution is 2.27. The molecule has 0 fully saturated rings. The molecule has 0 heterocycles. The van der Waals surface area contributed by atoms with Gasteiger partial charge in [0.2, 0.25) is 0 Å². The van der Waals surface area contributed by atoms with Crippen LogP contribution in [0, 0.1) is 5.92 Å². The molecule has 0 amide bonds. The van der Waals surface area contributed by atoms with E-state index in [9.17, 15) is 0 Å². The molecule has 0 aromatic heterocycles. The highest BCUT2D eigenvalue weighted by atomic mass is 15.0. The molecule has 6 aromatic carbocycles. The van der Waals surface area contributed by atoms with Crippen LogP contribution in [0.5, 0.6) is 0 Å². The van der Waals surface area contributed by atoms with Gasteiger partial charge in [0.1, 0.15) is 0 Å². The lowest BCUT2D eigenvalue weighted by Gasteiger charge is -2.25. The molecule has 6 rings (SSSR count). The fourth-order valence-corrected chi connectivity index (χ4v) is 7.42. The number of nitrogens with one attached hydrogen (secondary N) is 2. The second-order valence-electron chi connectivity index (χ2n) is 16.6. The van der Waals surface area contributed by atoms with E-state index in [2.05, 4.69) is 218 Å². The Morgan fingerprint density at radius 2 is 1.06 bits per heavy atom. The molecule has 0 spiro atoms. The molecule has 6 aromatic rings. The minimum absolute atomic E-state index is 0.134. The van der Waals surface area contributed by atoms with Crippen molar-refractivity contribution >= 4 is 0 Å². The summed E-state index contributed by atoms with van der Waals surface area (Å²) in [6.07, 6.45) is 15.1. The SMILES string of the molecule is C=C.C=C.C=CC(C)Cc1cc(-c2cccc(CC(C=C)NC(=C)[C@H](CCCC)NC)c2)ccc1CCc1ccccc1.CCCc1ccccc1.CCc1ccccc1.NCc1ccccc1. The predicted molar refractivity (Wildman–Crippen MR) is 304 cm³/mol. The largest absolute Gasteiger partial charge is 0.381 e. The van der Waals surface area contributed by atoms with Crippen molar-refractivity contribution in [1.29, 1.82) is 0 Å². The van der Waals surface area contributed by atoms with Crippen molar-refractivity contribution < 1.29 is 0 Å². The van der Waals surface area contributed by atoms with Crippen LogP contribution in [-0.2, 0) is 45.1 Å². The van der Waals surface area contributed by atoms with E-state index in [0.29, 0.717) is 12.5 Å². The molecule has 68 heavy (non-hydrogen) atoms. The molecular weight excluding hydrogens is 823 g/mol. The molecule has 3 heteroatoms. The summed E-state index contributed by atoms with van der Waals surface area (Å²) in [6.45, 7) is 33.9. The molecule has 0 bridgehead atoms. The van der Waals surface area contributed by atoms with Crippen LogP contribution in [0.3, 0.4) is 0 Å². The lowest BCUT2D eigenvalue weighted by atomic mass is 9.90. The van der Waals surface area contributed by atoms with Gasteiger partial charge in [-0.05, 0) is 108 Å². The van der Waals surface area contributed by atoms with E-state index in [-0.39, 0.29) is 12.1 Å². The third-order valence-electron chi connectivity index (χ3n) is 11.4. The van der Waals surface area contributed by atoms with Crippen molar-refractivity contribution in [3.8, 4) is 11.1 Å². The van der Waals surface area contributed by atoms with Crippen LogP contribution in [0.4, 0.5) is 0 Å². The number of unbranched alkanes of at least 4 members (excludes halogenated alkanes) is 1. The lowest BCUT2D eigenvalue weighted by Crippen LogP contribution is -2.38. The number of likely N-dealkylation sites (N-methyl/N-ethyl adjacent to an activating group) is 1. The van der Waals surface area contributed by atoms with Crippen LogP contribution < -0.4 is 16.4 Å². The lowest BCUT2D eigenvalue weighted by molar-refractivity contribution is 0.509. The molecule has 2 unspecified atom stereocenters. The molecule has 0 saturated heterocycles. The number of hydrogen-bond acceptors (Lipinski definition) is 3. The zero-order chi connectivity index (χ0) is 50.2. The molecule has 3 nitrogen and oxygen atoms in total. The summed E-state index contributed by atoms with van der Waals surface area (Å²) in [5.74, 6) is 0.438. The number of aryl methyl sites for hydroxylation is 4. The van der Waals surface area contributed by atoms with Gasteiger partial charge in [-0.1, -0.05) is 229 Å². The quantitative estimate of drug-likeness (QED) is 0.0631. The number of rotatable bonds is 21. The highest BCUT2D eigenvalue weighted by molar-refractivity contribution is 5.66. The van der Waals surface area contributed by atoms with E-state index in [1.54, 1.807) is 0 Å². The Morgan fingerprint density at radius 1 is 0.544 bits per heavy atom. The monoisotopic (exact) mass is 910 g/mol. The van der Waals surface area contributed by atoms with Gasteiger partial charge in [-0.3, -0.25) is 0 Å². The summed E-state index contributed by atoms with van der Waals surface area (Å²) in [4.78, 5) is 0. The Kier molecular flexibility index (Phi) is 34.1. The van der Waals surface area contributed by atoms with Gasteiger partial charge >= 0.3 is 0 Å². The molecule has 4 N–H and O–H groups in total. The second kappa shape index (κ2) is 38.8. The standard InChI is InChI=1S/C37H48N2.C9H12.C8H10.C7H9N.2C2H4/c1-7-10-19-37(38-6)29(5)39-36(9-3)26-31-17-14-18-33(25-31)34-23-22-32(35(27-34)24-28(4)8-2)21-20-30-15-12-11-13-16-30;1-2-6-9-7-4-3-5-8-9;1-2-8-6-4-3-5-7-8;8-6-7-4-2-1-3-5-7;2*1-2/h8-9,11-18,22-23,25,27-28,36-39H,2-3,5,7,10,19-21,24,26H2,1,4,6H3;3-5,7-8H,2,6H2,1H3;3-7H,2H2,1H3;1-5H,6,8H2;2*1-2H2/t28?,36?,37-;;;;;/m0...../s1. The van der Waals surface area contributed by atoms with Crippen molar-refractivity contribution in [2.45, 2.75) is 111 Å². The molecule has 0 aliphatic carbocycles. The van der Waals surface area contributed by atoms with E-state index in [4.69, 9.17) is 5.73 Å². The van der Waals surface area contributed by atoms with Gasteiger partial charge in [0, 0.05) is 24.3 Å². The van der Waals surface area contributed by atoms with E-state index >= 15 is 0 Å². The van der Waals surface area contributed by atoms with Crippen LogP contribution in [-0.4, -0.2) is 19.1 Å². The summed E-state index contributed by atoms with van der Waals surface area (Å²) in [5, 5.41) is 7.03.